The zero-order chi connectivity index (χ0) is 6.78. The van der Waals surface area contributed by atoms with E-state index in [0.29, 0.717) is 0 Å². The van der Waals surface area contributed by atoms with Gasteiger partial charge in [0.1, 0.15) is 0 Å². The number of nitrogens with two attached hydrogens (primary N) is 1. The van der Waals surface area contributed by atoms with Crippen molar-refractivity contribution in [3.63, 3.8) is 0 Å². The van der Waals surface area contributed by atoms with Crippen molar-refractivity contribution in [3.05, 3.63) is 0 Å². The molecule has 0 rings (SSSR count). The van der Waals surface area contributed by atoms with Crippen molar-refractivity contribution < 1.29 is 42.5 Å². The average Bonchev–Trinajstić information content (AvgIpc) is 1.21. The molecule has 0 bridgehead atoms. The summed E-state index contributed by atoms with van der Waals surface area (Å²) in [6.07, 6.45) is 0. The Bertz CT molecular complexity index is 152. The van der Waals surface area contributed by atoms with E-state index in [2.05, 4.69) is 0 Å². The molecule has 0 amide bonds. The van der Waals surface area contributed by atoms with Gasteiger partial charge in [-0.05, 0) is 6.92 Å². The number of rotatable bonds is 2. The molecule has 4 nitrogen and oxygen atoms in total. The Morgan fingerprint density at radius 3 is 2.00 bits per heavy atom. The summed E-state index contributed by atoms with van der Waals surface area (Å²) in [5.41, 5.74) is 5.00. The topological polar surface area (TPSA) is 83.2 Å². The largest absolute Gasteiger partial charge is 1.00 e. The summed E-state index contributed by atoms with van der Waals surface area (Å²) < 4.78 is 29.4. The first-order chi connectivity index (χ1) is 3.42. The Kier molecular flexibility index (Phi) is 6.48. The fourth-order valence-electron chi connectivity index (χ4n) is 0.322. The molecule has 0 aromatic heterocycles. The molecule has 6 heteroatoms. The van der Waals surface area contributed by atoms with Crippen LogP contribution in [0.1, 0.15) is 6.92 Å². The quantitative estimate of drug-likeness (QED) is 0.329. The second-order valence-electron chi connectivity index (χ2n) is 1.70. The summed E-state index contributed by atoms with van der Waals surface area (Å²) in [6.45, 7) is 1.47. The summed E-state index contributed by atoms with van der Waals surface area (Å²) in [6, 6.07) is -0.558. The van der Waals surface area contributed by atoms with Gasteiger partial charge in [0, 0.05) is 6.04 Å². The molecule has 9 heavy (non-hydrogen) atoms. The Morgan fingerprint density at radius 2 is 2.00 bits per heavy atom. The fourth-order valence-corrected chi connectivity index (χ4v) is 0.966. The van der Waals surface area contributed by atoms with E-state index in [1.807, 2.05) is 0 Å². The van der Waals surface area contributed by atoms with Crippen LogP contribution < -0.4 is 35.3 Å². The van der Waals surface area contributed by atoms with Crippen LogP contribution in [0.4, 0.5) is 0 Å². The molecular formula is C3H8NNaO3S. The monoisotopic (exact) mass is 161 g/mol. The van der Waals surface area contributed by atoms with Gasteiger partial charge in [-0.3, -0.25) is 0 Å². The van der Waals surface area contributed by atoms with Crippen molar-refractivity contribution in [2.24, 2.45) is 5.73 Å². The van der Waals surface area contributed by atoms with Crippen molar-refractivity contribution in [3.8, 4) is 0 Å². The van der Waals surface area contributed by atoms with Gasteiger partial charge in [0.2, 0.25) is 0 Å². The SMILES string of the molecule is C[C@@H](N)CS(=O)(=O)[O-].[Na+]. The van der Waals surface area contributed by atoms with Crippen LogP contribution in [0.15, 0.2) is 0 Å². The minimum Gasteiger partial charge on any atom is -0.748 e. The van der Waals surface area contributed by atoms with Gasteiger partial charge in [0.05, 0.1) is 15.9 Å². The minimum absolute atomic E-state index is 0. The molecule has 0 spiro atoms. The van der Waals surface area contributed by atoms with Gasteiger partial charge < -0.3 is 10.3 Å². The summed E-state index contributed by atoms with van der Waals surface area (Å²) in [5, 5.41) is 0. The maximum absolute atomic E-state index is 9.81. The van der Waals surface area contributed by atoms with Gasteiger partial charge in [-0.15, -0.1) is 0 Å². The molecule has 2 N–H and O–H groups in total. The van der Waals surface area contributed by atoms with Crippen LogP contribution in [0, 0.1) is 0 Å². The summed E-state index contributed by atoms with van der Waals surface area (Å²) in [4.78, 5) is 0. The van der Waals surface area contributed by atoms with E-state index in [-0.39, 0.29) is 29.6 Å². The Hall–Kier alpha value is 0.870. The smallest absolute Gasteiger partial charge is 0.748 e. The van der Waals surface area contributed by atoms with Crippen molar-refractivity contribution in [1.82, 2.24) is 0 Å². The molecule has 0 aliphatic heterocycles. The zero-order valence-electron chi connectivity index (χ0n) is 5.49. The van der Waals surface area contributed by atoms with E-state index in [0.717, 1.165) is 0 Å². The third-order valence-electron chi connectivity index (χ3n) is 0.467. The molecule has 50 valence electrons. The predicted molar refractivity (Wildman–Crippen MR) is 28.2 cm³/mol. The maximum Gasteiger partial charge on any atom is 1.00 e. The van der Waals surface area contributed by atoms with Crippen LogP contribution in [0.25, 0.3) is 0 Å². The van der Waals surface area contributed by atoms with Gasteiger partial charge in [-0.1, -0.05) is 0 Å². The van der Waals surface area contributed by atoms with Gasteiger partial charge in [-0.25, -0.2) is 8.42 Å². The predicted octanol–water partition coefficient (Wildman–Crippen LogP) is -4.12. The molecule has 0 fully saturated rings. The van der Waals surface area contributed by atoms with Gasteiger partial charge >= 0.3 is 29.6 Å². The zero-order valence-corrected chi connectivity index (χ0v) is 8.31. The molecule has 0 aliphatic rings. The van der Waals surface area contributed by atoms with E-state index < -0.39 is 21.9 Å². The molecule has 1 atom stereocenters. The van der Waals surface area contributed by atoms with Gasteiger partial charge in [-0.2, -0.15) is 0 Å². The summed E-state index contributed by atoms with van der Waals surface area (Å²) in [5.74, 6) is -0.479. The Morgan fingerprint density at radius 1 is 1.67 bits per heavy atom. The van der Waals surface area contributed by atoms with Crippen molar-refractivity contribution >= 4 is 10.1 Å². The standard InChI is InChI=1S/C3H9NO3S.Na/c1-3(4)2-8(5,6)7;/h3H,2,4H2,1H3,(H,5,6,7);/q;+1/p-1/t3-;/m1./s1. The van der Waals surface area contributed by atoms with Gasteiger partial charge in [0.25, 0.3) is 0 Å². The van der Waals surface area contributed by atoms with Crippen LogP contribution in [0.5, 0.6) is 0 Å². The molecule has 0 unspecified atom stereocenters. The van der Waals surface area contributed by atoms with E-state index in [9.17, 15) is 13.0 Å². The van der Waals surface area contributed by atoms with Crippen molar-refractivity contribution in [2.75, 3.05) is 5.75 Å². The molecule has 0 saturated carbocycles. The van der Waals surface area contributed by atoms with E-state index in [4.69, 9.17) is 5.73 Å². The first kappa shape index (κ1) is 12.5. The Labute approximate surface area is 76.9 Å². The normalized spacial score (nSPS) is 14.1. The van der Waals surface area contributed by atoms with Gasteiger partial charge in [0.15, 0.2) is 0 Å². The van der Waals surface area contributed by atoms with E-state index in [1.54, 1.807) is 0 Å². The fraction of sp³-hybridized carbons (Fsp3) is 1.00. The summed E-state index contributed by atoms with van der Waals surface area (Å²) in [7, 11) is -4.10. The van der Waals surface area contributed by atoms with Crippen molar-refractivity contribution in [2.45, 2.75) is 13.0 Å². The third-order valence-corrected chi connectivity index (χ3v) is 1.40. The maximum atomic E-state index is 9.81. The second-order valence-corrected chi connectivity index (χ2v) is 3.15. The third kappa shape index (κ3) is 12.1. The number of hydrogen-bond acceptors (Lipinski definition) is 4. The average molecular weight is 161 g/mol. The molecule has 0 saturated heterocycles. The van der Waals surface area contributed by atoms with Crippen LogP contribution in [0.3, 0.4) is 0 Å². The number of hydrogen-bond donors (Lipinski definition) is 1. The Balaban J connectivity index is 0. The molecule has 0 aromatic carbocycles. The van der Waals surface area contributed by atoms with E-state index in [1.165, 1.54) is 6.92 Å². The molecule has 0 radical (unpaired) electrons. The first-order valence-corrected chi connectivity index (χ1v) is 3.68. The summed E-state index contributed by atoms with van der Waals surface area (Å²) >= 11 is 0. The molecule has 0 heterocycles. The van der Waals surface area contributed by atoms with Crippen LogP contribution in [-0.2, 0) is 10.1 Å². The van der Waals surface area contributed by atoms with Crippen LogP contribution >= 0.6 is 0 Å². The van der Waals surface area contributed by atoms with E-state index >= 15 is 0 Å². The molecular weight excluding hydrogens is 153 g/mol. The first-order valence-electron chi connectivity index (χ1n) is 2.11. The van der Waals surface area contributed by atoms with Crippen molar-refractivity contribution in [1.29, 1.82) is 0 Å². The molecule has 0 aromatic rings. The molecule has 0 aliphatic carbocycles. The van der Waals surface area contributed by atoms with Crippen LogP contribution in [-0.4, -0.2) is 24.8 Å². The second kappa shape index (κ2) is 4.65. The van der Waals surface area contributed by atoms with Crippen LogP contribution in [0.2, 0.25) is 0 Å². The minimum atomic E-state index is -4.10.